The number of hydrogen-bond donors (Lipinski definition) is 3. The molecule has 21 heavy (non-hydrogen) atoms. The van der Waals surface area contributed by atoms with Crippen LogP contribution in [0.3, 0.4) is 0 Å². The molecular formula is C13H15BFO6-. The molecule has 0 fully saturated rings. The SMILES string of the molecule is C=C(C[C@H]1O[B-](O)(O)c2ccc(OCCF)cc21)C(=O)O. The van der Waals surface area contributed by atoms with Crippen LogP contribution < -0.4 is 10.2 Å². The lowest BCUT2D eigenvalue weighted by molar-refractivity contribution is -0.133. The molecule has 1 aromatic rings. The summed E-state index contributed by atoms with van der Waals surface area (Å²) in [6.45, 7) is -0.579. The highest BCUT2D eigenvalue weighted by molar-refractivity contribution is 6.74. The van der Waals surface area contributed by atoms with E-state index in [0.717, 1.165) is 0 Å². The second-order valence-corrected chi connectivity index (χ2v) is 4.77. The lowest BCUT2D eigenvalue weighted by Gasteiger charge is -2.25. The zero-order chi connectivity index (χ0) is 15.6. The molecule has 1 aliphatic heterocycles. The highest BCUT2D eigenvalue weighted by Gasteiger charge is 2.38. The van der Waals surface area contributed by atoms with Crippen LogP contribution in [0.25, 0.3) is 0 Å². The predicted octanol–water partition coefficient (Wildman–Crippen LogP) is 0.268. The average Bonchev–Trinajstić information content (AvgIpc) is 2.67. The molecule has 0 aliphatic carbocycles. The standard InChI is InChI=1S/C13H15BFO6/c1-8(13(16)17)6-12-10-7-9(20-5-4-15)2-3-11(10)14(18,19)21-12/h2-3,7,12,18-19H,1,4-6H2,(H,16,17)/q-1/t12-/m1/s1. The second kappa shape index (κ2) is 5.84. The Morgan fingerprint density at radius 3 is 2.81 bits per heavy atom. The number of halogens is 1. The van der Waals surface area contributed by atoms with E-state index in [1.165, 1.54) is 18.2 Å². The van der Waals surface area contributed by atoms with Crippen LogP contribution in [-0.2, 0) is 9.45 Å². The number of alkyl halides is 1. The first-order valence-corrected chi connectivity index (χ1v) is 6.36. The molecule has 0 bridgehead atoms. The van der Waals surface area contributed by atoms with E-state index < -0.39 is 25.5 Å². The van der Waals surface area contributed by atoms with E-state index in [1.807, 2.05) is 0 Å². The monoisotopic (exact) mass is 297 g/mol. The minimum atomic E-state index is -3.20. The van der Waals surface area contributed by atoms with Crippen LogP contribution in [0.5, 0.6) is 5.75 Å². The zero-order valence-corrected chi connectivity index (χ0v) is 11.2. The van der Waals surface area contributed by atoms with E-state index in [2.05, 4.69) is 6.58 Å². The third kappa shape index (κ3) is 3.23. The van der Waals surface area contributed by atoms with Gasteiger partial charge in [0.1, 0.15) is 19.0 Å². The highest BCUT2D eigenvalue weighted by Crippen LogP contribution is 2.34. The van der Waals surface area contributed by atoms with Gasteiger partial charge in [-0.1, -0.05) is 12.6 Å². The Kier molecular flexibility index (Phi) is 4.31. The molecule has 0 aromatic heterocycles. The molecule has 114 valence electrons. The van der Waals surface area contributed by atoms with Crippen LogP contribution in [0, 0.1) is 0 Å². The normalized spacial score (nSPS) is 19.1. The number of rotatable bonds is 6. The van der Waals surface area contributed by atoms with Crippen LogP contribution in [0.2, 0.25) is 0 Å². The number of hydrogen-bond acceptors (Lipinski definition) is 5. The molecule has 1 aromatic carbocycles. The van der Waals surface area contributed by atoms with Crippen molar-refractivity contribution in [2.75, 3.05) is 13.3 Å². The zero-order valence-electron chi connectivity index (χ0n) is 11.2. The summed E-state index contributed by atoms with van der Waals surface area (Å²) in [6, 6.07) is 4.36. The van der Waals surface area contributed by atoms with Crippen LogP contribution in [0.1, 0.15) is 18.1 Å². The third-order valence-electron chi connectivity index (χ3n) is 3.24. The number of carbonyl (C=O) groups is 1. The van der Waals surface area contributed by atoms with Gasteiger partial charge in [0, 0.05) is 18.1 Å². The lowest BCUT2D eigenvalue weighted by Crippen LogP contribution is -2.47. The van der Waals surface area contributed by atoms with Crippen LogP contribution in [-0.4, -0.2) is 41.2 Å². The van der Waals surface area contributed by atoms with Crippen molar-refractivity contribution in [3.63, 3.8) is 0 Å². The molecule has 0 saturated carbocycles. The summed E-state index contributed by atoms with van der Waals surface area (Å²) in [5.74, 6) is -0.847. The van der Waals surface area contributed by atoms with E-state index in [-0.39, 0.29) is 24.1 Å². The van der Waals surface area contributed by atoms with E-state index in [0.29, 0.717) is 11.3 Å². The molecule has 0 saturated heterocycles. The fraction of sp³-hybridized carbons (Fsp3) is 0.308. The largest absolute Gasteiger partial charge is 0.556 e. The van der Waals surface area contributed by atoms with Gasteiger partial charge in [0.2, 0.25) is 0 Å². The van der Waals surface area contributed by atoms with Crippen LogP contribution >= 0.6 is 0 Å². The Labute approximate surface area is 120 Å². The number of carboxylic acids is 1. The minimum Gasteiger partial charge on any atom is -0.556 e. The van der Waals surface area contributed by atoms with Crippen molar-refractivity contribution in [1.29, 1.82) is 0 Å². The molecule has 0 spiro atoms. The van der Waals surface area contributed by atoms with Crippen LogP contribution in [0.4, 0.5) is 4.39 Å². The van der Waals surface area contributed by atoms with Gasteiger partial charge in [-0.15, -0.1) is 5.46 Å². The minimum absolute atomic E-state index is 0.0977. The number of ether oxygens (including phenoxy) is 1. The van der Waals surface area contributed by atoms with E-state index >= 15 is 0 Å². The van der Waals surface area contributed by atoms with Gasteiger partial charge in [0.25, 0.3) is 0 Å². The highest BCUT2D eigenvalue weighted by atomic mass is 19.1. The van der Waals surface area contributed by atoms with Gasteiger partial charge in [-0.2, -0.15) is 0 Å². The fourth-order valence-corrected chi connectivity index (χ4v) is 2.27. The maximum absolute atomic E-state index is 12.1. The Morgan fingerprint density at radius 1 is 1.48 bits per heavy atom. The molecule has 6 nitrogen and oxygen atoms in total. The van der Waals surface area contributed by atoms with E-state index in [4.69, 9.17) is 14.5 Å². The predicted molar refractivity (Wildman–Crippen MR) is 73.0 cm³/mol. The summed E-state index contributed by atoms with van der Waals surface area (Å²) in [7, 11) is 0. The number of carboxylic acid groups (broad SMARTS) is 1. The van der Waals surface area contributed by atoms with Crippen molar-refractivity contribution < 1.29 is 33.7 Å². The summed E-state index contributed by atoms with van der Waals surface area (Å²) in [5, 5.41) is 28.6. The molecule has 2 rings (SSSR count). The van der Waals surface area contributed by atoms with Gasteiger partial charge in [-0.05, 0) is 17.7 Å². The fourth-order valence-electron chi connectivity index (χ4n) is 2.27. The van der Waals surface area contributed by atoms with Crippen molar-refractivity contribution in [3.8, 4) is 5.75 Å². The van der Waals surface area contributed by atoms with Gasteiger partial charge in [0.05, 0.1) is 0 Å². The number of benzene rings is 1. The maximum Gasteiger partial charge on any atom is 0.405 e. The van der Waals surface area contributed by atoms with Gasteiger partial charge < -0.3 is 24.5 Å². The molecular weight excluding hydrogens is 282 g/mol. The Hall–Kier alpha value is -1.90. The second-order valence-electron chi connectivity index (χ2n) is 4.77. The molecule has 0 unspecified atom stereocenters. The number of fused-ring (bicyclic) bond motifs is 1. The molecule has 1 aliphatic rings. The first kappa shape index (κ1) is 15.5. The molecule has 1 atom stereocenters. The summed E-state index contributed by atoms with van der Waals surface area (Å²) < 4.78 is 22.4. The van der Waals surface area contributed by atoms with Crippen LogP contribution in [0.15, 0.2) is 30.4 Å². The first-order chi connectivity index (χ1) is 9.85. The quantitative estimate of drug-likeness (QED) is 0.515. The van der Waals surface area contributed by atoms with Crippen molar-refractivity contribution in [2.24, 2.45) is 0 Å². The average molecular weight is 297 g/mol. The molecule has 0 amide bonds. The summed E-state index contributed by atoms with van der Waals surface area (Å²) >= 11 is 0. The van der Waals surface area contributed by atoms with Crippen molar-refractivity contribution in [3.05, 3.63) is 35.9 Å². The Morgan fingerprint density at radius 2 is 2.19 bits per heavy atom. The van der Waals surface area contributed by atoms with E-state index in [1.54, 1.807) is 0 Å². The Bertz CT molecular complexity index is 574. The summed E-state index contributed by atoms with van der Waals surface area (Å²) in [5.41, 5.74) is 0.444. The summed E-state index contributed by atoms with van der Waals surface area (Å²) in [6.07, 6.45) is -0.952. The van der Waals surface area contributed by atoms with Gasteiger partial charge in [-0.3, -0.25) is 0 Å². The molecule has 1 heterocycles. The molecule has 3 N–H and O–H groups in total. The van der Waals surface area contributed by atoms with Crippen molar-refractivity contribution in [2.45, 2.75) is 12.5 Å². The van der Waals surface area contributed by atoms with Gasteiger partial charge in [0.15, 0.2) is 0 Å². The lowest BCUT2D eigenvalue weighted by atomic mass is 9.70. The van der Waals surface area contributed by atoms with Crippen molar-refractivity contribution >= 4 is 18.2 Å². The Balaban J connectivity index is 2.29. The molecule has 0 radical (unpaired) electrons. The smallest absolute Gasteiger partial charge is 0.405 e. The topological polar surface area (TPSA) is 96.2 Å². The third-order valence-corrected chi connectivity index (χ3v) is 3.24. The van der Waals surface area contributed by atoms with E-state index in [9.17, 15) is 19.2 Å². The van der Waals surface area contributed by atoms with Gasteiger partial charge in [-0.25, -0.2) is 9.18 Å². The summed E-state index contributed by atoms with van der Waals surface area (Å²) in [4.78, 5) is 10.8. The number of aliphatic carboxylic acids is 1. The molecule has 8 heteroatoms. The van der Waals surface area contributed by atoms with Crippen molar-refractivity contribution in [1.82, 2.24) is 0 Å². The maximum atomic E-state index is 12.1. The van der Waals surface area contributed by atoms with Gasteiger partial charge >= 0.3 is 12.7 Å². The first-order valence-electron chi connectivity index (χ1n) is 6.36.